The second-order valence-corrected chi connectivity index (χ2v) is 5.34. The smallest absolute Gasteiger partial charge is 0.235 e. The summed E-state index contributed by atoms with van der Waals surface area (Å²) in [5, 5.41) is 13.1. The highest BCUT2D eigenvalue weighted by Gasteiger charge is 2.18. The van der Waals surface area contributed by atoms with Crippen LogP contribution in [0.25, 0.3) is 0 Å². The Labute approximate surface area is 128 Å². The molecule has 0 amide bonds. The molecular formula is C18H16N2O2. The average Bonchev–Trinajstić information content (AvgIpc) is 2.53. The molecule has 0 radical (unpaired) electrons. The molecule has 0 saturated heterocycles. The number of hydrogen-bond acceptors (Lipinski definition) is 4. The predicted molar refractivity (Wildman–Crippen MR) is 87.6 cm³/mol. The quantitative estimate of drug-likeness (QED) is 0.779. The number of benzene rings is 2. The van der Waals surface area contributed by atoms with E-state index in [4.69, 9.17) is 0 Å². The van der Waals surface area contributed by atoms with E-state index in [1.807, 2.05) is 62.4 Å². The van der Waals surface area contributed by atoms with E-state index in [9.17, 15) is 9.90 Å². The molecule has 0 unspecified atom stereocenters. The second kappa shape index (κ2) is 5.48. The van der Waals surface area contributed by atoms with Crippen LogP contribution in [-0.2, 0) is 0 Å². The molecule has 0 fully saturated rings. The van der Waals surface area contributed by atoms with Crippen LogP contribution in [0.2, 0.25) is 0 Å². The first kappa shape index (κ1) is 14.1. The topological polar surface area (TPSA) is 61.7 Å². The van der Waals surface area contributed by atoms with E-state index in [-0.39, 0.29) is 22.2 Å². The van der Waals surface area contributed by atoms with Gasteiger partial charge in [0.15, 0.2) is 11.1 Å². The van der Waals surface area contributed by atoms with Crippen LogP contribution >= 0.6 is 0 Å². The number of hydrogen-bond donors (Lipinski definition) is 2. The van der Waals surface area contributed by atoms with Crippen LogP contribution in [0.1, 0.15) is 11.1 Å². The predicted octanol–water partition coefficient (Wildman–Crippen LogP) is 3.22. The summed E-state index contributed by atoms with van der Waals surface area (Å²) in [6.07, 6.45) is 0. The zero-order valence-electron chi connectivity index (χ0n) is 12.4. The Kier molecular flexibility index (Phi) is 3.51. The normalized spacial score (nSPS) is 11.8. The molecule has 4 nitrogen and oxygen atoms in total. The van der Waals surface area contributed by atoms with Crippen molar-refractivity contribution in [3.05, 3.63) is 75.2 Å². The number of anilines is 2. The van der Waals surface area contributed by atoms with Crippen LogP contribution in [0.15, 0.2) is 58.3 Å². The Morgan fingerprint density at radius 2 is 1.45 bits per heavy atom. The van der Waals surface area contributed by atoms with Crippen molar-refractivity contribution in [1.82, 2.24) is 0 Å². The molecule has 2 N–H and O–H groups in total. The average molecular weight is 292 g/mol. The number of aryl methyl sites for hydroxylation is 2. The molecule has 22 heavy (non-hydrogen) atoms. The van der Waals surface area contributed by atoms with Gasteiger partial charge in [-0.2, -0.15) is 0 Å². The van der Waals surface area contributed by atoms with Gasteiger partial charge in [-0.3, -0.25) is 4.79 Å². The molecule has 0 heterocycles. The molecule has 0 atom stereocenters. The third-order valence-electron chi connectivity index (χ3n) is 3.50. The van der Waals surface area contributed by atoms with Gasteiger partial charge in [-0.1, -0.05) is 35.4 Å². The van der Waals surface area contributed by atoms with Crippen molar-refractivity contribution in [1.29, 1.82) is 0 Å². The molecule has 0 aliphatic carbocycles. The maximum atomic E-state index is 12.1. The first-order valence-corrected chi connectivity index (χ1v) is 7.02. The van der Waals surface area contributed by atoms with Gasteiger partial charge in [0.25, 0.3) is 0 Å². The van der Waals surface area contributed by atoms with E-state index in [1.165, 1.54) is 0 Å². The minimum Gasteiger partial charge on any atom is -0.504 e. The Bertz CT molecular complexity index is 884. The Hall–Kier alpha value is -2.88. The molecule has 4 heteroatoms. The van der Waals surface area contributed by atoms with E-state index in [2.05, 4.69) is 10.3 Å². The largest absolute Gasteiger partial charge is 0.504 e. The molecular weight excluding hydrogens is 276 g/mol. The third kappa shape index (κ3) is 2.63. The molecule has 3 aromatic carbocycles. The molecule has 0 aliphatic heterocycles. The molecule has 0 bridgehead atoms. The van der Waals surface area contributed by atoms with E-state index in [0.717, 1.165) is 16.8 Å². The molecule has 0 spiro atoms. The van der Waals surface area contributed by atoms with Crippen molar-refractivity contribution in [2.75, 3.05) is 5.32 Å². The van der Waals surface area contributed by atoms with E-state index in [0.29, 0.717) is 5.69 Å². The minimum absolute atomic E-state index is 0.0915. The van der Waals surface area contributed by atoms with Gasteiger partial charge in [0, 0.05) is 5.69 Å². The number of nitrogens with zero attached hydrogens (tertiary/aromatic N) is 1. The lowest BCUT2D eigenvalue weighted by Crippen LogP contribution is -2.33. The van der Waals surface area contributed by atoms with Gasteiger partial charge in [0.05, 0.1) is 5.69 Å². The summed E-state index contributed by atoms with van der Waals surface area (Å²) in [7, 11) is 0. The summed E-state index contributed by atoms with van der Waals surface area (Å²) in [6, 6.07) is 15.0. The summed E-state index contributed by atoms with van der Waals surface area (Å²) in [4.78, 5) is 16.3. The van der Waals surface area contributed by atoms with Crippen LogP contribution in [-0.4, -0.2) is 5.11 Å². The SMILES string of the molecule is Cc1ccc(/N=c2/c(O)c(Nc3ccc(C)cc3)c2=O)cc1. The van der Waals surface area contributed by atoms with E-state index >= 15 is 0 Å². The van der Waals surface area contributed by atoms with Crippen LogP contribution < -0.4 is 16.1 Å². The maximum Gasteiger partial charge on any atom is 0.235 e. The summed E-state index contributed by atoms with van der Waals surface area (Å²) in [5.41, 5.74) is 3.56. The summed E-state index contributed by atoms with van der Waals surface area (Å²) in [5.74, 6) is -0.0915. The van der Waals surface area contributed by atoms with E-state index in [1.54, 1.807) is 0 Å². The zero-order chi connectivity index (χ0) is 15.7. The Morgan fingerprint density at radius 3 is 2.00 bits per heavy atom. The van der Waals surface area contributed by atoms with Crippen molar-refractivity contribution in [3.63, 3.8) is 0 Å². The molecule has 0 aromatic heterocycles. The fourth-order valence-corrected chi connectivity index (χ4v) is 2.14. The lowest BCUT2D eigenvalue weighted by atomic mass is 10.1. The standard InChI is InChI=1S/C18H16N2O2/c1-11-3-7-13(8-4-11)19-15-17(21)16(18(15)22)20-14-9-5-12(2)6-10-14/h3-10,19,21H,1-2H3/b20-16-. The van der Waals surface area contributed by atoms with Gasteiger partial charge in [-0.25, -0.2) is 4.99 Å². The van der Waals surface area contributed by atoms with Crippen molar-refractivity contribution in [3.8, 4) is 5.75 Å². The number of aromatic hydroxyl groups is 1. The first-order chi connectivity index (χ1) is 10.5. The Morgan fingerprint density at radius 1 is 0.909 bits per heavy atom. The molecule has 110 valence electrons. The molecule has 0 saturated carbocycles. The highest BCUT2D eigenvalue weighted by Crippen LogP contribution is 2.22. The summed E-state index contributed by atoms with van der Waals surface area (Å²) < 4.78 is 0. The lowest BCUT2D eigenvalue weighted by molar-refractivity contribution is 0.464. The van der Waals surface area contributed by atoms with Gasteiger partial charge < -0.3 is 10.4 Å². The van der Waals surface area contributed by atoms with Crippen LogP contribution in [0.3, 0.4) is 0 Å². The van der Waals surface area contributed by atoms with Gasteiger partial charge in [-0.15, -0.1) is 0 Å². The number of rotatable bonds is 3. The van der Waals surface area contributed by atoms with Gasteiger partial charge in [0.2, 0.25) is 5.43 Å². The van der Waals surface area contributed by atoms with Crippen molar-refractivity contribution in [2.24, 2.45) is 4.99 Å². The lowest BCUT2D eigenvalue weighted by Gasteiger charge is -2.11. The highest BCUT2D eigenvalue weighted by atomic mass is 16.3. The van der Waals surface area contributed by atoms with Gasteiger partial charge >= 0.3 is 0 Å². The molecule has 3 rings (SSSR count). The zero-order valence-corrected chi connectivity index (χ0v) is 12.4. The van der Waals surface area contributed by atoms with Crippen molar-refractivity contribution >= 4 is 17.1 Å². The van der Waals surface area contributed by atoms with Gasteiger partial charge in [0.1, 0.15) is 5.69 Å². The molecule has 0 aliphatic rings. The van der Waals surface area contributed by atoms with Crippen LogP contribution in [0.5, 0.6) is 5.75 Å². The third-order valence-corrected chi connectivity index (χ3v) is 3.50. The van der Waals surface area contributed by atoms with Crippen molar-refractivity contribution in [2.45, 2.75) is 13.8 Å². The fourth-order valence-electron chi connectivity index (χ4n) is 2.14. The Balaban J connectivity index is 1.89. The fraction of sp³-hybridized carbons (Fsp3) is 0.111. The maximum absolute atomic E-state index is 12.1. The second-order valence-electron chi connectivity index (χ2n) is 5.34. The van der Waals surface area contributed by atoms with E-state index < -0.39 is 0 Å². The van der Waals surface area contributed by atoms with Gasteiger partial charge in [-0.05, 0) is 38.1 Å². The highest BCUT2D eigenvalue weighted by molar-refractivity contribution is 5.69. The summed E-state index contributed by atoms with van der Waals surface area (Å²) in [6.45, 7) is 3.97. The molecule has 3 aromatic rings. The number of nitrogens with one attached hydrogen (secondary N) is 1. The monoisotopic (exact) mass is 292 g/mol. The van der Waals surface area contributed by atoms with Crippen LogP contribution in [0.4, 0.5) is 17.1 Å². The first-order valence-electron chi connectivity index (χ1n) is 7.02. The van der Waals surface area contributed by atoms with Crippen LogP contribution in [0, 0.1) is 13.8 Å². The van der Waals surface area contributed by atoms with Crippen molar-refractivity contribution < 1.29 is 5.11 Å². The summed E-state index contributed by atoms with van der Waals surface area (Å²) >= 11 is 0. The minimum atomic E-state index is -0.279.